The maximum Gasteiger partial charge on any atom is 0.324 e. The molecule has 5 rings (SSSR count). The van der Waals surface area contributed by atoms with Gasteiger partial charge >= 0.3 is 6.03 Å². The van der Waals surface area contributed by atoms with Gasteiger partial charge in [-0.25, -0.2) is 19.3 Å². The van der Waals surface area contributed by atoms with Crippen LogP contribution < -0.4 is 16.4 Å². The fourth-order valence-corrected chi connectivity index (χ4v) is 3.84. The summed E-state index contributed by atoms with van der Waals surface area (Å²) in [4.78, 5) is 21.1. The van der Waals surface area contributed by atoms with E-state index in [1.165, 1.54) is 0 Å². The largest absolute Gasteiger partial charge is 0.324 e. The number of hydrogen-bond donors (Lipinski definition) is 3. The van der Waals surface area contributed by atoms with Crippen LogP contribution in [-0.4, -0.2) is 25.6 Å². The molecule has 0 saturated heterocycles. The van der Waals surface area contributed by atoms with Gasteiger partial charge < -0.3 is 11.1 Å². The smallest absolute Gasteiger partial charge is 0.320 e. The summed E-state index contributed by atoms with van der Waals surface area (Å²) in [6, 6.07) is 12.8. The molecule has 4 aromatic rings. The lowest BCUT2D eigenvalue weighted by atomic mass is 10.00. The maximum atomic E-state index is 12.3. The van der Waals surface area contributed by atoms with Gasteiger partial charge in [0, 0.05) is 23.1 Å². The van der Waals surface area contributed by atoms with Crippen LogP contribution in [0.1, 0.15) is 29.8 Å². The van der Waals surface area contributed by atoms with E-state index in [-0.39, 0.29) is 11.6 Å². The van der Waals surface area contributed by atoms with E-state index in [0.29, 0.717) is 11.5 Å². The van der Waals surface area contributed by atoms with Gasteiger partial charge in [-0.05, 0) is 62.1 Å². The van der Waals surface area contributed by atoms with Crippen molar-refractivity contribution in [3.63, 3.8) is 0 Å². The second kappa shape index (κ2) is 7.17. The molecule has 156 valence electrons. The van der Waals surface area contributed by atoms with E-state index in [9.17, 15) is 4.79 Å². The van der Waals surface area contributed by atoms with Gasteiger partial charge in [0.25, 0.3) is 0 Å². The SMILES string of the molecule is Cc1cccc(NC(=O)Nc2ccc(-c3c(C)cn4ncnc(C5(N)CC5)c34)cc2)n1. The van der Waals surface area contributed by atoms with Gasteiger partial charge in [0.15, 0.2) is 0 Å². The molecule has 0 spiro atoms. The van der Waals surface area contributed by atoms with Gasteiger partial charge in [0.05, 0.1) is 16.7 Å². The number of anilines is 2. The highest BCUT2D eigenvalue weighted by Gasteiger charge is 2.43. The highest BCUT2D eigenvalue weighted by molar-refractivity contribution is 5.99. The number of benzene rings is 1. The third kappa shape index (κ3) is 3.62. The molecule has 2 amide bonds. The minimum absolute atomic E-state index is 0.342. The number of amides is 2. The molecular weight excluding hydrogens is 390 g/mol. The van der Waals surface area contributed by atoms with Crippen LogP contribution in [0.5, 0.6) is 0 Å². The first-order valence-corrected chi connectivity index (χ1v) is 10.2. The number of aromatic nitrogens is 4. The number of carbonyl (C=O) groups excluding carboxylic acids is 1. The fraction of sp³-hybridized carbons (Fsp3) is 0.217. The van der Waals surface area contributed by atoms with Gasteiger partial charge in [0.1, 0.15) is 12.1 Å². The van der Waals surface area contributed by atoms with Gasteiger partial charge in [-0.1, -0.05) is 18.2 Å². The van der Waals surface area contributed by atoms with E-state index in [1.807, 2.05) is 54.0 Å². The Bertz CT molecular complexity index is 1290. The van der Waals surface area contributed by atoms with Crippen molar-refractivity contribution in [3.8, 4) is 11.1 Å². The van der Waals surface area contributed by atoms with Crippen molar-refractivity contribution < 1.29 is 4.79 Å². The first-order valence-electron chi connectivity index (χ1n) is 10.2. The number of urea groups is 1. The lowest BCUT2D eigenvalue weighted by molar-refractivity contribution is 0.262. The maximum absolute atomic E-state index is 12.3. The average Bonchev–Trinajstić information content (AvgIpc) is 3.39. The van der Waals surface area contributed by atoms with Crippen molar-refractivity contribution in [1.29, 1.82) is 0 Å². The summed E-state index contributed by atoms with van der Waals surface area (Å²) in [6.45, 7) is 3.93. The Kier molecular flexibility index (Phi) is 4.44. The number of nitrogens with zero attached hydrogens (tertiary/aromatic N) is 4. The molecule has 8 nitrogen and oxygen atoms in total. The number of nitrogens with two attached hydrogens (primary N) is 1. The molecule has 1 saturated carbocycles. The molecule has 0 radical (unpaired) electrons. The van der Waals surface area contributed by atoms with Crippen LogP contribution in [0.3, 0.4) is 0 Å². The third-order valence-corrected chi connectivity index (χ3v) is 5.59. The number of aryl methyl sites for hydroxylation is 2. The molecule has 0 bridgehead atoms. The van der Waals surface area contributed by atoms with E-state index >= 15 is 0 Å². The quantitative estimate of drug-likeness (QED) is 0.468. The summed E-state index contributed by atoms with van der Waals surface area (Å²) in [5.41, 5.74) is 12.6. The summed E-state index contributed by atoms with van der Waals surface area (Å²) in [7, 11) is 0. The number of pyridine rings is 1. The lowest BCUT2D eigenvalue weighted by Gasteiger charge is -2.12. The summed E-state index contributed by atoms with van der Waals surface area (Å²) in [5, 5.41) is 9.95. The predicted octanol–water partition coefficient (Wildman–Crippen LogP) is 4.00. The molecule has 0 unspecified atom stereocenters. The Hall–Kier alpha value is -3.78. The Labute approximate surface area is 179 Å². The van der Waals surface area contributed by atoms with Crippen LogP contribution in [0.15, 0.2) is 55.0 Å². The topological polar surface area (TPSA) is 110 Å². The Balaban J connectivity index is 1.41. The molecule has 0 atom stereocenters. The van der Waals surface area contributed by atoms with Gasteiger partial charge in [-0.3, -0.25) is 5.32 Å². The molecule has 1 aromatic carbocycles. The Morgan fingerprint density at radius 1 is 1.10 bits per heavy atom. The van der Waals surface area contributed by atoms with Crippen LogP contribution >= 0.6 is 0 Å². The zero-order valence-corrected chi connectivity index (χ0v) is 17.4. The third-order valence-electron chi connectivity index (χ3n) is 5.59. The van der Waals surface area contributed by atoms with Crippen LogP contribution in [0.25, 0.3) is 16.6 Å². The van der Waals surface area contributed by atoms with Gasteiger partial charge in [-0.15, -0.1) is 0 Å². The van der Waals surface area contributed by atoms with Gasteiger partial charge in [0.2, 0.25) is 0 Å². The molecule has 1 aliphatic rings. The first kappa shape index (κ1) is 19.2. The second-order valence-electron chi connectivity index (χ2n) is 8.07. The molecule has 3 aromatic heterocycles. The van der Waals surface area contributed by atoms with Crippen molar-refractivity contribution in [2.45, 2.75) is 32.2 Å². The molecule has 3 heterocycles. The molecular formula is C23H23N7O. The van der Waals surface area contributed by atoms with Crippen LogP contribution in [0.2, 0.25) is 0 Å². The highest BCUT2D eigenvalue weighted by atomic mass is 16.2. The fourth-order valence-electron chi connectivity index (χ4n) is 3.84. The van der Waals surface area contributed by atoms with Gasteiger partial charge in [-0.2, -0.15) is 5.10 Å². The van der Waals surface area contributed by atoms with E-state index in [4.69, 9.17) is 5.73 Å². The Morgan fingerprint density at radius 2 is 1.87 bits per heavy atom. The zero-order chi connectivity index (χ0) is 21.6. The van der Waals surface area contributed by atoms with Crippen molar-refractivity contribution in [2.24, 2.45) is 5.73 Å². The number of hydrogen-bond acceptors (Lipinski definition) is 5. The van der Waals surface area contributed by atoms with Crippen molar-refractivity contribution in [3.05, 3.63) is 71.9 Å². The second-order valence-corrected chi connectivity index (χ2v) is 8.07. The van der Waals surface area contributed by atoms with Crippen LogP contribution in [-0.2, 0) is 5.54 Å². The summed E-state index contributed by atoms with van der Waals surface area (Å²) >= 11 is 0. The monoisotopic (exact) mass is 413 g/mol. The normalized spacial score (nSPS) is 14.4. The van der Waals surface area contributed by atoms with E-state index in [1.54, 1.807) is 12.4 Å². The molecule has 1 fully saturated rings. The molecule has 4 N–H and O–H groups in total. The number of fused-ring (bicyclic) bond motifs is 1. The van der Waals surface area contributed by atoms with E-state index < -0.39 is 0 Å². The lowest BCUT2D eigenvalue weighted by Crippen LogP contribution is -2.22. The number of nitrogens with one attached hydrogen (secondary N) is 2. The molecule has 31 heavy (non-hydrogen) atoms. The summed E-state index contributed by atoms with van der Waals surface area (Å²) in [5.74, 6) is 0.508. The minimum Gasteiger partial charge on any atom is -0.320 e. The van der Waals surface area contributed by atoms with Crippen molar-refractivity contribution in [1.82, 2.24) is 19.6 Å². The van der Waals surface area contributed by atoms with E-state index in [2.05, 4.69) is 32.6 Å². The number of carbonyl (C=O) groups is 1. The molecule has 1 aliphatic carbocycles. The van der Waals surface area contributed by atoms with Crippen molar-refractivity contribution in [2.75, 3.05) is 10.6 Å². The zero-order valence-electron chi connectivity index (χ0n) is 17.4. The minimum atomic E-state index is -0.368. The Morgan fingerprint density at radius 3 is 2.58 bits per heavy atom. The first-order chi connectivity index (χ1) is 14.9. The average molecular weight is 413 g/mol. The molecule has 0 aliphatic heterocycles. The summed E-state index contributed by atoms with van der Waals surface area (Å²) in [6.07, 6.45) is 5.41. The summed E-state index contributed by atoms with van der Waals surface area (Å²) < 4.78 is 1.86. The van der Waals surface area contributed by atoms with Crippen molar-refractivity contribution >= 4 is 23.1 Å². The highest BCUT2D eigenvalue weighted by Crippen LogP contribution is 2.45. The van der Waals surface area contributed by atoms with E-state index in [0.717, 1.165) is 46.4 Å². The van der Waals surface area contributed by atoms with Crippen LogP contribution in [0.4, 0.5) is 16.3 Å². The standard InChI is InChI=1S/C23H23N7O/c1-14-12-30-20(21(25-13-26-30)23(24)10-11-23)19(14)16-6-8-17(9-7-16)28-22(31)29-18-5-3-4-15(2)27-18/h3-9,12-13H,10-11,24H2,1-2H3,(H2,27,28,29,31). The van der Waals surface area contributed by atoms with Crippen LogP contribution in [0, 0.1) is 13.8 Å². The molecule has 8 heteroatoms. The number of rotatable bonds is 4. The predicted molar refractivity (Wildman–Crippen MR) is 120 cm³/mol.